The Balaban J connectivity index is 2.00. The summed E-state index contributed by atoms with van der Waals surface area (Å²) >= 11 is 0. The molecule has 1 fully saturated rings. The van der Waals surface area contributed by atoms with Crippen LogP contribution >= 0.6 is 0 Å². The predicted molar refractivity (Wildman–Crippen MR) is 49.1 cm³/mol. The molecule has 2 rings (SSSR count). The van der Waals surface area contributed by atoms with E-state index >= 15 is 0 Å². The highest BCUT2D eigenvalue weighted by molar-refractivity contribution is 5.84. The Morgan fingerprint density at radius 1 is 1.62 bits per heavy atom. The molecule has 0 aliphatic heterocycles. The molecule has 1 aliphatic carbocycles. The first-order valence-electron chi connectivity index (χ1n) is 4.78. The van der Waals surface area contributed by atoms with E-state index in [0.717, 1.165) is 19.4 Å². The van der Waals surface area contributed by atoms with Crippen molar-refractivity contribution in [2.45, 2.75) is 26.3 Å². The summed E-state index contributed by atoms with van der Waals surface area (Å²) in [6, 6.07) is 1.89. The number of hydrogen-bond donors (Lipinski definition) is 0. The first-order valence-corrected chi connectivity index (χ1v) is 4.78. The van der Waals surface area contributed by atoms with Crippen LogP contribution in [-0.2, 0) is 11.3 Å². The molecular formula is C10H14N2O. The fourth-order valence-corrected chi connectivity index (χ4v) is 1.95. The summed E-state index contributed by atoms with van der Waals surface area (Å²) < 4.78 is 1.85. The Labute approximate surface area is 77.7 Å². The fourth-order valence-electron chi connectivity index (χ4n) is 1.95. The molecule has 13 heavy (non-hydrogen) atoms. The van der Waals surface area contributed by atoms with E-state index < -0.39 is 0 Å². The monoisotopic (exact) mass is 178 g/mol. The molecule has 0 radical (unpaired) electrons. The Hall–Kier alpha value is -1.12. The van der Waals surface area contributed by atoms with Crippen molar-refractivity contribution in [3.8, 4) is 0 Å². The maximum atomic E-state index is 11.6. The summed E-state index contributed by atoms with van der Waals surface area (Å²) in [5.74, 6) is 0.881. The molecule has 3 nitrogen and oxygen atoms in total. The van der Waals surface area contributed by atoms with E-state index in [-0.39, 0.29) is 11.8 Å². The van der Waals surface area contributed by atoms with E-state index in [1.54, 1.807) is 6.20 Å². The smallest absolute Gasteiger partial charge is 0.140 e. The van der Waals surface area contributed by atoms with Crippen molar-refractivity contribution in [2.24, 2.45) is 11.8 Å². The highest BCUT2D eigenvalue weighted by Crippen LogP contribution is 2.27. The van der Waals surface area contributed by atoms with E-state index in [1.807, 2.05) is 23.9 Å². The third-order valence-corrected chi connectivity index (χ3v) is 2.80. The number of ketones is 1. The summed E-state index contributed by atoms with van der Waals surface area (Å²) in [6.45, 7) is 2.78. The van der Waals surface area contributed by atoms with Crippen LogP contribution in [-0.4, -0.2) is 15.6 Å². The first-order chi connectivity index (χ1) is 6.27. The van der Waals surface area contributed by atoms with E-state index in [1.165, 1.54) is 0 Å². The number of carbonyl (C=O) groups excluding carboxylic acids is 1. The average molecular weight is 178 g/mol. The van der Waals surface area contributed by atoms with Gasteiger partial charge in [-0.3, -0.25) is 9.48 Å². The van der Waals surface area contributed by atoms with Gasteiger partial charge in [0.25, 0.3) is 0 Å². The number of aromatic nitrogens is 2. The molecule has 0 bridgehead atoms. The molecule has 0 spiro atoms. The fraction of sp³-hybridized carbons (Fsp3) is 0.600. The molecule has 0 saturated heterocycles. The van der Waals surface area contributed by atoms with Gasteiger partial charge in [0.15, 0.2) is 0 Å². The van der Waals surface area contributed by atoms with Gasteiger partial charge in [-0.2, -0.15) is 5.10 Å². The normalized spacial score (nSPS) is 28.2. The molecule has 2 atom stereocenters. The zero-order valence-electron chi connectivity index (χ0n) is 7.81. The van der Waals surface area contributed by atoms with Gasteiger partial charge in [0.1, 0.15) is 5.78 Å². The molecular weight excluding hydrogens is 164 g/mol. The topological polar surface area (TPSA) is 34.9 Å². The summed E-state index contributed by atoms with van der Waals surface area (Å²) in [4.78, 5) is 11.6. The molecule has 70 valence electrons. The quantitative estimate of drug-likeness (QED) is 0.687. The van der Waals surface area contributed by atoms with Gasteiger partial charge in [-0.15, -0.1) is 0 Å². The van der Waals surface area contributed by atoms with Crippen LogP contribution in [0.2, 0.25) is 0 Å². The molecule has 1 aromatic rings. The minimum atomic E-state index is 0.204. The molecule has 0 aromatic carbocycles. The predicted octanol–water partition coefficient (Wildman–Crippen LogP) is 1.50. The van der Waals surface area contributed by atoms with Crippen LogP contribution in [0.4, 0.5) is 0 Å². The lowest BCUT2D eigenvalue weighted by atomic mass is 10.0. The summed E-state index contributed by atoms with van der Waals surface area (Å²) in [5.41, 5.74) is 0. The van der Waals surface area contributed by atoms with Crippen molar-refractivity contribution >= 4 is 5.78 Å². The standard InChI is InChI=1S/C10H14N2O/c1-8-3-4-9(10(8)13)7-12-6-2-5-11-12/h2,5-6,8-9H,3-4,7H2,1H3. The zero-order valence-corrected chi connectivity index (χ0v) is 7.81. The molecule has 1 aliphatic rings. The highest BCUT2D eigenvalue weighted by atomic mass is 16.1. The number of hydrogen-bond acceptors (Lipinski definition) is 2. The molecule has 1 saturated carbocycles. The van der Waals surface area contributed by atoms with Crippen molar-refractivity contribution in [3.05, 3.63) is 18.5 Å². The number of rotatable bonds is 2. The Kier molecular flexibility index (Phi) is 2.17. The van der Waals surface area contributed by atoms with Crippen molar-refractivity contribution in [1.29, 1.82) is 0 Å². The molecule has 2 unspecified atom stereocenters. The summed E-state index contributed by atoms with van der Waals surface area (Å²) in [6.07, 6.45) is 5.74. The Morgan fingerprint density at radius 2 is 2.46 bits per heavy atom. The minimum Gasteiger partial charge on any atom is -0.299 e. The third kappa shape index (κ3) is 1.64. The number of Topliss-reactive ketones (excluding diaryl/α,β-unsaturated/α-hetero) is 1. The van der Waals surface area contributed by atoms with Crippen LogP contribution in [0, 0.1) is 11.8 Å². The van der Waals surface area contributed by atoms with Crippen LogP contribution in [0.25, 0.3) is 0 Å². The lowest BCUT2D eigenvalue weighted by Gasteiger charge is -2.07. The zero-order chi connectivity index (χ0) is 9.26. The third-order valence-electron chi connectivity index (χ3n) is 2.80. The van der Waals surface area contributed by atoms with Crippen molar-refractivity contribution < 1.29 is 4.79 Å². The first kappa shape index (κ1) is 8.48. The number of carbonyl (C=O) groups is 1. The van der Waals surface area contributed by atoms with Gasteiger partial charge < -0.3 is 0 Å². The minimum absolute atomic E-state index is 0.204. The van der Waals surface area contributed by atoms with Crippen molar-refractivity contribution in [3.63, 3.8) is 0 Å². The van der Waals surface area contributed by atoms with Crippen LogP contribution in [0.1, 0.15) is 19.8 Å². The molecule has 1 aromatic heterocycles. The Morgan fingerprint density at radius 3 is 3.00 bits per heavy atom. The van der Waals surface area contributed by atoms with Gasteiger partial charge in [-0.1, -0.05) is 6.92 Å². The number of nitrogens with zero attached hydrogens (tertiary/aromatic N) is 2. The summed E-state index contributed by atoms with van der Waals surface area (Å²) in [5, 5.41) is 4.10. The molecule has 0 amide bonds. The lowest BCUT2D eigenvalue weighted by Crippen LogP contribution is -2.17. The van der Waals surface area contributed by atoms with E-state index in [0.29, 0.717) is 5.78 Å². The maximum absolute atomic E-state index is 11.6. The van der Waals surface area contributed by atoms with Crippen molar-refractivity contribution in [2.75, 3.05) is 0 Å². The second-order valence-corrected chi connectivity index (χ2v) is 3.81. The van der Waals surface area contributed by atoms with Gasteiger partial charge in [0, 0.05) is 24.2 Å². The van der Waals surface area contributed by atoms with E-state index in [9.17, 15) is 4.79 Å². The summed E-state index contributed by atoms with van der Waals surface area (Å²) in [7, 11) is 0. The van der Waals surface area contributed by atoms with Crippen LogP contribution < -0.4 is 0 Å². The average Bonchev–Trinajstić information content (AvgIpc) is 2.71. The largest absolute Gasteiger partial charge is 0.299 e. The SMILES string of the molecule is CC1CCC(Cn2cccn2)C1=O. The van der Waals surface area contributed by atoms with E-state index in [4.69, 9.17) is 0 Å². The maximum Gasteiger partial charge on any atom is 0.140 e. The van der Waals surface area contributed by atoms with Gasteiger partial charge in [-0.25, -0.2) is 0 Å². The van der Waals surface area contributed by atoms with Crippen LogP contribution in [0.3, 0.4) is 0 Å². The van der Waals surface area contributed by atoms with Gasteiger partial charge in [0.05, 0.1) is 6.54 Å². The van der Waals surface area contributed by atoms with E-state index in [2.05, 4.69) is 5.10 Å². The van der Waals surface area contributed by atoms with Gasteiger partial charge in [0.2, 0.25) is 0 Å². The molecule has 3 heteroatoms. The second kappa shape index (κ2) is 3.32. The van der Waals surface area contributed by atoms with Crippen LogP contribution in [0.15, 0.2) is 18.5 Å². The Bertz CT molecular complexity index is 292. The lowest BCUT2D eigenvalue weighted by molar-refractivity contribution is -0.123. The molecule has 0 N–H and O–H groups in total. The van der Waals surface area contributed by atoms with Crippen molar-refractivity contribution in [1.82, 2.24) is 9.78 Å². The molecule has 1 heterocycles. The van der Waals surface area contributed by atoms with Gasteiger partial charge in [-0.05, 0) is 18.9 Å². The van der Waals surface area contributed by atoms with Gasteiger partial charge >= 0.3 is 0 Å². The second-order valence-electron chi connectivity index (χ2n) is 3.81. The van der Waals surface area contributed by atoms with Crippen LogP contribution in [0.5, 0.6) is 0 Å². The highest BCUT2D eigenvalue weighted by Gasteiger charge is 2.30.